The predicted molar refractivity (Wildman–Crippen MR) is 61.7 cm³/mol. The Labute approximate surface area is 87.9 Å². The maximum Gasteiger partial charge on any atom is 0.239 e. The van der Waals surface area contributed by atoms with Crippen molar-refractivity contribution in [2.45, 2.75) is 0 Å². The number of aromatic nitrogens is 2. The van der Waals surface area contributed by atoms with Gasteiger partial charge in [0.1, 0.15) is 5.82 Å². The van der Waals surface area contributed by atoms with E-state index in [2.05, 4.69) is 15.4 Å². The quantitative estimate of drug-likeness (QED) is 0.562. The first-order valence-electron chi connectivity index (χ1n) is 4.63. The number of benzene rings is 1. The second-order valence-corrected chi connectivity index (χ2v) is 3.43. The van der Waals surface area contributed by atoms with Crippen LogP contribution in [0.4, 0.5) is 11.8 Å². The molecule has 3 N–H and O–H groups in total. The molecule has 0 radical (unpaired) electrons. The minimum absolute atomic E-state index is 0.428. The maximum atomic E-state index is 5.32. The van der Waals surface area contributed by atoms with Crippen molar-refractivity contribution in [3.8, 4) is 0 Å². The molecule has 0 unspecified atom stereocenters. The van der Waals surface area contributed by atoms with E-state index in [-0.39, 0.29) is 0 Å². The van der Waals surface area contributed by atoms with Gasteiger partial charge in [-0.25, -0.2) is 10.8 Å². The van der Waals surface area contributed by atoms with Crippen LogP contribution >= 0.6 is 0 Å². The van der Waals surface area contributed by atoms with Crippen molar-refractivity contribution in [2.75, 3.05) is 24.4 Å². The highest BCUT2D eigenvalue weighted by Gasteiger charge is 2.07. The average Bonchev–Trinajstić information content (AvgIpc) is 2.27. The van der Waals surface area contributed by atoms with E-state index in [9.17, 15) is 0 Å². The van der Waals surface area contributed by atoms with E-state index in [1.807, 2.05) is 43.3 Å². The van der Waals surface area contributed by atoms with E-state index in [0.717, 1.165) is 16.7 Å². The number of nitrogens with zero attached hydrogens (tertiary/aromatic N) is 3. The van der Waals surface area contributed by atoms with Crippen LogP contribution in [0.15, 0.2) is 24.3 Å². The Bertz CT molecular complexity index is 480. The number of nitrogens with two attached hydrogens (primary N) is 1. The summed E-state index contributed by atoms with van der Waals surface area (Å²) in [7, 11) is 3.88. The second kappa shape index (κ2) is 3.70. The average molecular weight is 203 g/mol. The Hall–Kier alpha value is -1.88. The number of para-hydroxylation sites is 1. The Morgan fingerprint density at radius 2 is 1.93 bits per heavy atom. The molecular formula is C10H13N5. The molecule has 2 aromatic rings. The van der Waals surface area contributed by atoms with Gasteiger partial charge in [0, 0.05) is 19.5 Å². The fraction of sp³-hybridized carbons (Fsp3) is 0.200. The van der Waals surface area contributed by atoms with Gasteiger partial charge < -0.3 is 4.90 Å². The Morgan fingerprint density at radius 3 is 2.60 bits per heavy atom. The summed E-state index contributed by atoms with van der Waals surface area (Å²) >= 11 is 0. The monoisotopic (exact) mass is 203 g/mol. The van der Waals surface area contributed by atoms with E-state index >= 15 is 0 Å². The van der Waals surface area contributed by atoms with Crippen LogP contribution in [0.5, 0.6) is 0 Å². The van der Waals surface area contributed by atoms with Crippen molar-refractivity contribution >= 4 is 22.7 Å². The minimum atomic E-state index is 0.428. The molecule has 0 aliphatic heterocycles. The van der Waals surface area contributed by atoms with Crippen LogP contribution in [-0.2, 0) is 0 Å². The molecule has 2 rings (SSSR count). The van der Waals surface area contributed by atoms with Crippen molar-refractivity contribution in [3.05, 3.63) is 24.3 Å². The van der Waals surface area contributed by atoms with E-state index in [0.29, 0.717) is 5.95 Å². The van der Waals surface area contributed by atoms with Crippen LogP contribution in [0.25, 0.3) is 10.9 Å². The first-order chi connectivity index (χ1) is 7.22. The molecule has 0 amide bonds. The summed E-state index contributed by atoms with van der Waals surface area (Å²) in [5.41, 5.74) is 3.34. The number of nitrogens with one attached hydrogen (secondary N) is 1. The molecule has 0 aliphatic carbocycles. The lowest BCUT2D eigenvalue weighted by atomic mass is 10.2. The molecule has 0 aliphatic rings. The van der Waals surface area contributed by atoms with E-state index < -0.39 is 0 Å². The lowest BCUT2D eigenvalue weighted by Crippen LogP contribution is -2.16. The van der Waals surface area contributed by atoms with Crippen LogP contribution in [0.2, 0.25) is 0 Å². The van der Waals surface area contributed by atoms with Gasteiger partial charge in [0.05, 0.1) is 5.52 Å². The molecule has 1 heterocycles. The molecule has 0 spiro atoms. The lowest BCUT2D eigenvalue weighted by molar-refractivity contribution is 1.05. The summed E-state index contributed by atoms with van der Waals surface area (Å²) in [5.74, 6) is 6.60. The fourth-order valence-corrected chi connectivity index (χ4v) is 1.47. The predicted octanol–water partition coefficient (Wildman–Crippen LogP) is 0.981. The zero-order chi connectivity index (χ0) is 10.8. The molecule has 1 aromatic heterocycles. The first kappa shape index (κ1) is 9.67. The van der Waals surface area contributed by atoms with Crippen molar-refractivity contribution in [1.82, 2.24) is 9.97 Å². The lowest BCUT2D eigenvalue weighted by Gasteiger charge is -2.14. The van der Waals surface area contributed by atoms with Crippen molar-refractivity contribution in [2.24, 2.45) is 5.84 Å². The number of hydrogen-bond acceptors (Lipinski definition) is 5. The Morgan fingerprint density at radius 1 is 1.20 bits per heavy atom. The van der Waals surface area contributed by atoms with Crippen molar-refractivity contribution in [1.29, 1.82) is 0 Å². The third-order valence-corrected chi connectivity index (χ3v) is 2.14. The zero-order valence-electron chi connectivity index (χ0n) is 8.73. The van der Waals surface area contributed by atoms with E-state index in [1.165, 1.54) is 0 Å². The topological polar surface area (TPSA) is 67.1 Å². The summed E-state index contributed by atoms with van der Waals surface area (Å²) in [6.45, 7) is 0. The smallest absolute Gasteiger partial charge is 0.239 e. The van der Waals surface area contributed by atoms with E-state index in [4.69, 9.17) is 5.84 Å². The van der Waals surface area contributed by atoms with Crippen LogP contribution in [0, 0.1) is 0 Å². The summed E-state index contributed by atoms with van der Waals surface area (Å²) in [5, 5.41) is 1.02. The number of fused-ring (bicyclic) bond motifs is 1. The van der Waals surface area contributed by atoms with Gasteiger partial charge in [0.2, 0.25) is 5.95 Å². The number of hydrazine groups is 1. The molecule has 0 saturated heterocycles. The van der Waals surface area contributed by atoms with Crippen molar-refractivity contribution in [3.63, 3.8) is 0 Å². The highest BCUT2D eigenvalue weighted by Crippen LogP contribution is 2.22. The molecule has 1 aromatic carbocycles. The van der Waals surface area contributed by atoms with Gasteiger partial charge in [-0.05, 0) is 12.1 Å². The number of rotatable bonds is 2. The molecule has 0 saturated carbocycles. The Kier molecular flexibility index (Phi) is 2.39. The summed E-state index contributed by atoms with van der Waals surface area (Å²) in [4.78, 5) is 10.5. The SMILES string of the molecule is CN(C)c1nc(NN)nc2ccccc12. The summed E-state index contributed by atoms with van der Waals surface area (Å²) in [6.07, 6.45) is 0. The number of hydrogen-bond donors (Lipinski definition) is 2. The fourth-order valence-electron chi connectivity index (χ4n) is 1.47. The zero-order valence-corrected chi connectivity index (χ0v) is 8.73. The standard InChI is InChI=1S/C10H13N5/c1-15(2)9-7-5-3-4-6-8(7)12-10(13-9)14-11/h3-6H,11H2,1-2H3,(H,12,13,14). The van der Waals surface area contributed by atoms with Gasteiger partial charge >= 0.3 is 0 Å². The molecule has 15 heavy (non-hydrogen) atoms. The second-order valence-electron chi connectivity index (χ2n) is 3.43. The molecule has 0 fully saturated rings. The highest BCUT2D eigenvalue weighted by molar-refractivity contribution is 5.90. The van der Waals surface area contributed by atoms with Gasteiger partial charge in [-0.15, -0.1) is 0 Å². The maximum absolute atomic E-state index is 5.32. The van der Waals surface area contributed by atoms with Crippen LogP contribution in [-0.4, -0.2) is 24.1 Å². The van der Waals surface area contributed by atoms with Crippen LogP contribution in [0.1, 0.15) is 0 Å². The molecule has 0 atom stereocenters. The van der Waals surface area contributed by atoms with Gasteiger partial charge in [-0.3, -0.25) is 5.43 Å². The molecule has 0 bridgehead atoms. The third-order valence-electron chi connectivity index (χ3n) is 2.14. The third kappa shape index (κ3) is 1.69. The summed E-state index contributed by atoms with van der Waals surface area (Å²) < 4.78 is 0. The van der Waals surface area contributed by atoms with Crippen molar-refractivity contribution < 1.29 is 0 Å². The van der Waals surface area contributed by atoms with Gasteiger partial charge in [-0.2, -0.15) is 4.98 Å². The highest BCUT2D eigenvalue weighted by atomic mass is 15.3. The summed E-state index contributed by atoms with van der Waals surface area (Å²) in [6, 6.07) is 7.83. The minimum Gasteiger partial charge on any atom is -0.362 e. The van der Waals surface area contributed by atoms with E-state index in [1.54, 1.807) is 0 Å². The number of nitrogen functional groups attached to an aromatic ring is 1. The van der Waals surface area contributed by atoms with Crippen LogP contribution < -0.4 is 16.2 Å². The van der Waals surface area contributed by atoms with Crippen LogP contribution in [0.3, 0.4) is 0 Å². The molecule has 78 valence electrons. The largest absolute Gasteiger partial charge is 0.362 e. The number of anilines is 2. The molecule has 5 nitrogen and oxygen atoms in total. The first-order valence-corrected chi connectivity index (χ1v) is 4.63. The molecular weight excluding hydrogens is 190 g/mol. The van der Waals surface area contributed by atoms with Gasteiger partial charge in [0.15, 0.2) is 0 Å². The Balaban J connectivity index is 2.74. The van der Waals surface area contributed by atoms with Gasteiger partial charge in [-0.1, -0.05) is 12.1 Å². The van der Waals surface area contributed by atoms with Gasteiger partial charge in [0.25, 0.3) is 0 Å². The normalized spacial score (nSPS) is 10.3. The molecule has 5 heteroatoms.